The lowest BCUT2D eigenvalue weighted by molar-refractivity contribution is -0.119. The molecule has 0 amide bonds. The molecule has 0 atom stereocenters. The van der Waals surface area contributed by atoms with E-state index in [0.29, 0.717) is 40.1 Å². The number of benzene rings is 2. The van der Waals surface area contributed by atoms with Crippen LogP contribution in [-0.2, 0) is 33.6 Å². The average molecular weight is 471 g/mol. The van der Waals surface area contributed by atoms with E-state index >= 15 is 0 Å². The van der Waals surface area contributed by atoms with Gasteiger partial charge in [-0.15, -0.1) is 0 Å². The Balaban J connectivity index is 1.29. The molecule has 3 aromatic rings. The highest BCUT2D eigenvalue weighted by molar-refractivity contribution is 6.39. The largest absolute Gasteiger partial charge is 0.454 e. The number of nitrogens with zero attached hydrogens (tertiary/aromatic N) is 1. The van der Waals surface area contributed by atoms with E-state index in [0.717, 1.165) is 0 Å². The van der Waals surface area contributed by atoms with Crippen LogP contribution < -0.4 is 4.74 Å². The minimum Gasteiger partial charge on any atom is -0.454 e. The maximum absolute atomic E-state index is 14.8. The van der Waals surface area contributed by atoms with Crippen LogP contribution in [0.2, 0.25) is 0 Å². The Morgan fingerprint density at radius 2 is 1.74 bits per heavy atom. The molecule has 0 aliphatic heterocycles. The normalized spacial score (nSPS) is 14.9. The predicted octanol–water partition coefficient (Wildman–Crippen LogP) is 4.91. The molecule has 2 aliphatic rings. The Morgan fingerprint density at radius 1 is 0.943 bits per heavy atom. The molecule has 174 valence electrons. The SMILES string of the molecule is O=C1Cc2nccc(Oc3ccc(CC(=O)C4=CCC=C(c5ccc(F)cc5)C4=O)cc3F)c2C1. The summed E-state index contributed by atoms with van der Waals surface area (Å²) < 4.78 is 33.8. The first kappa shape index (κ1) is 22.5. The number of aromatic nitrogens is 1. The van der Waals surface area contributed by atoms with Gasteiger partial charge in [-0.2, -0.15) is 0 Å². The number of ketones is 3. The van der Waals surface area contributed by atoms with Crippen molar-refractivity contribution in [2.24, 2.45) is 0 Å². The van der Waals surface area contributed by atoms with Gasteiger partial charge in [-0.3, -0.25) is 19.4 Å². The second-order valence-electron chi connectivity index (χ2n) is 8.40. The van der Waals surface area contributed by atoms with Gasteiger partial charge in [-0.1, -0.05) is 30.4 Å². The summed E-state index contributed by atoms with van der Waals surface area (Å²) in [6.45, 7) is 0. The van der Waals surface area contributed by atoms with Crippen LogP contribution in [0.15, 0.2) is 72.5 Å². The van der Waals surface area contributed by atoms with Gasteiger partial charge < -0.3 is 4.74 Å². The average Bonchev–Trinajstić information content (AvgIpc) is 3.23. The Bertz CT molecular complexity index is 1440. The molecule has 0 bridgehead atoms. The molecule has 5 nitrogen and oxygen atoms in total. The Kier molecular flexibility index (Phi) is 5.91. The molecule has 35 heavy (non-hydrogen) atoms. The summed E-state index contributed by atoms with van der Waals surface area (Å²) in [4.78, 5) is 41.7. The van der Waals surface area contributed by atoms with Crippen LogP contribution in [0.3, 0.4) is 0 Å². The highest BCUT2D eigenvalue weighted by atomic mass is 19.1. The van der Waals surface area contributed by atoms with Gasteiger partial charge in [0.05, 0.1) is 11.3 Å². The number of allylic oxidation sites excluding steroid dienone is 4. The Labute approximate surface area is 199 Å². The van der Waals surface area contributed by atoms with Gasteiger partial charge in [-0.25, -0.2) is 8.78 Å². The molecule has 0 unspecified atom stereocenters. The van der Waals surface area contributed by atoms with Crippen LogP contribution >= 0.6 is 0 Å². The van der Waals surface area contributed by atoms with E-state index in [1.165, 1.54) is 42.6 Å². The summed E-state index contributed by atoms with van der Waals surface area (Å²) in [5.41, 5.74) is 2.59. The summed E-state index contributed by atoms with van der Waals surface area (Å²) in [5.74, 6) is -1.58. The first-order valence-electron chi connectivity index (χ1n) is 11.1. The molecule has 7 heteroatoms. The minimum absolute atomic E-state index is 0.0295. The van der Waals surface area contributed by atoms with Crippen molar-refractivity contribution in [3.63, 3.8) is 0 Å². The third-order valence-corrected chi connectivity index (χ3v) is 6.01. The fraction of sp³-hybridized carbons (Fsp3) is 0.143. The second kappa shape index (κ2) is 9.18. The van der Waals surface area contributed by atoms with Gasteiger partial charge >= 0.3 is 0 Å². The predicted molar refractivity (Wildman–Crippen MR) is 124 cm³/mol. The number of Topliss-reactive ketones (excluding diaryl/α,β-unsaturated/α-hetero) is 3. The van der Waals surface area contributed by atoms with Crippen molar-refractivity contribution in [2.75, 3.05) is 0 Å². The van der Waals surface area contributed by atoms with E-state index in [4.69, 9.17) is 4.74 Å². The van der Waals surface area contributed by atoms with Gasteiger partial charge in [0.25, 0.3) is 0 Å². The molecule has 0 N–H and O–H groups in total. The zero-order valence-electron chi connectivity index (χ0n) is 18.5. The minimum atomic E-state index is -0.666. The van der Waals surface area contributed by atoms with Gasteiger partial charge in [0.15, 0.2) is 23.1 Å². The molecule has 0 spiro atoms. The fourth-order valence-corrected chi connectivity index (χ4v) is 4.28. The highest BCUT2D eigenvalue weighted by Crippen LogP contribution is 2.33. The van der Waals surface area contributed by atoms with Gasteiger partial charge in [-0.05, 0) is 47.9 Å². The fourth-order valence-electron chi connectivity index (χ4n) is 4.28. The molecular weight excluding hydrogens is 452 g/mol. The third kappa shape index (κ3) is 4.57. The van der Waals surface area contributed by atoms with Crippen LogP contribution in [0.1, 0.15) is 28.8 Å². The maximum atomic E-state index is 14.8. The van der Waals surface area contributed by atoms with Crippen molar-refractivity contribution in [3.8, 4) is 11.5 Å². The molecule has 0 saturated carbocycles. The van der Waals surface area contributed by atoms with Gasteiger partial charge in [0.2, 0.25) is 0 Å². The lowest BCUT2D eigenvalue weighted by Crippen LogP contribution is -2.18. The van der Waals surface area contributed by atoms with E-state index < -0.39 is 23.2 Å². The van der Waals surface area contributed by atoms with Crippen LogP contribution in [0, 0.1) is 11.6 Å². The summed E-state index contributed by atoms with van der Waals surface area (Å²) in [6.07, 6.45) is 5.43. The zero-order valence-corrected chi connectivity index (χ0v) is 18.5. The van der Waals surface area contributed by atoms with E-state index in [1.54, 1.807) is 24.3 Å². The Hall–Kier alpha value is -4.26. The molecule has 5 rings (SSSR count). The number of hydrogen-bond donors (Lipinski definition) is 0. The summed E-state index contributed by atoms with van der Waals surface area (Å²) in [5, 5.41) is 0. The summed E-state index contributed by atoms with van der Waals surface area (Å²) in [7, 11) is 0. The molecular formula is C28H19F2NO4. The van der Waals surface area contributed by atoms with Crippen molar-refractivity contribution < 1.29 is 27.9 Å². The molecule has 2 aromatic carbocycles. The first-order valence-corrected chi connectivity index (χ1v) is 11.1. The van der Waals surface area contributed by atoms with Gasteiger partial charge in [0, 0.05) is 36.6 Å². The zero-order chi connectivity index (χ0) is 24.5. The maximum Gasteiger partial charge on any atom is 0.196 e. The van der Waals surface area contributed by atoms with E-state index in [1.807, 2.05) is 0 Å². The highest BCUT2D eigenvalue weighted by Gasteiger charge is 2.26. The van der Waals surface area contributed by atoms with Crippen LogP contribution in [-0.4, -0.2) is 22.3 Å². The molecule has 1 heterocycles. The lowest BCUT2D eigenvalue weighted by Gasteiger charge is -2.14. The van der Waals surface area contributed by atoms with Crippen molar-refractivity contribution in [3.05, 3.63) is 106 Å². The van der Waals surface area contributed by atoms with Crippen LogP contribution in [0.25, 0.3) is 5.57 Å². The number of pyridine rings is 1. The van der Waals surface area contributed by atoms with Gasteiger partial charge in [0.1, 0.15) is 17.3 Å². The van der Waals surface area contributed by atoms with Crippen molar-refractivity contribution in [1.82, 2.24) is 4.98 Å². The number of fused-ring (bicyclic) bond motifs is 1. The van der Waals surface area contributed by atoms with E-state index in [9.17, 15) is 23.2 Å². The van der Waals surface area contributed by atoms with Crippen molar-refractivity contribution >= 4 is 22.9 Å². The molecule has 0 saturated heterocycles. The smallest absolute Gasteiger partial charge is 0.196 e. The second-order valence-corrected chi connectivity index (χ2v) is 8.40. The molecule has 0 fully saturated rings. The first-order chi connectivity index (χ1) is 16.9. The molecule has 1 aromatic heterocycles. The number of rotatable bonds is 6. The number of ether oxygens (including phenoxy) is 1. The lowest BCUT2D eigenvalue weighted by atomic mass is 9.88. The summed E-state index contributed by atoms with van der Waals surface area (Å²) >= 11 is 0. The van der Waals surface area contributed by atoms with Crippen LogP contribution in [0.5, 0.6) is 11.5 Å². The monoisotopic (exact) mass is 471 g/mol. The molecule has 0 radical (unpaired) electrons. The molecule has 2 aliphatic carbocycles. The third-order valence-electron chi connectivity index (χ3n) is 6.01. The topological polar surface area (TPSA) is 73.3 Å². The standard InChI is InChI=1S/C28H19F2NO4/c29-18-7-5-17(6-8-18)20-2-1-3-21(28(20)34)25(33)13-16-4-9-27(23(30)12-16)35-26-10-11-31-24-15-19(32)14-22(24)26/h2-12H,1,13-15H2. The number of carbonyl (C=O) groups is 3. The van der Waals surface area contributed by atoms with E-state index in [2.05, 4.69) is 4.98 Å². The quantitative estimate of drug-likeness (QED) is 0.478. The summed E-state index contributed by atoms with van der Waals surface area (Å²) in [6, 6.07) is 11.3. The number of hydrogen-bond acceptors (Lipinski definition) is 5. The van der Waals surface area contributed by atoms with Crippen LogP contribution in [0.4, 0.5) is 8.78 Å². The number of carbonyl (C=O) groups excluding carboxylic acids is 3. The van der Waals surface area contributed by atoms with Crippen molar-refractivity contribution in [2.45, 2.75) is 25.7 Å². The van der Waals surface area contributed by atoms with E-state index in [-0.39, 0.29) is 36.4 Å². The Morgan fingerprint density at radius 3 is 2.51 bits per heavy atom. The number of halogens is 2. The van der Waals surface area contributed by atoms with Crippen molar-refractivity contribution in [1.29, 1.82) is 0 Å².